The number of aromatic nitrogens is 1. The number of nitrogens with zero attached hydrogens (tertiary/aromatic N) is 2. The van der Waals surface area contributed by atoms with Crippen LogP contribution in [0.1, 0.15) is 6.42 Å². The third-order valence-corrected chi connectivity index (χ3v) is 3.16. The Morgan fingerprint density at radius 3 is 2.71 bits per heavy atom. The molecular formula is C12H15N3O2. The molecule has 0 radical (unpaired) electrons. The van der Waals surface area contributed by atoms with Crippen LogP contribution in [0.25, 0.3) is 0 Å². The Balaban J connectivity index is 2.20. The number of carboxylic acids is 1. The highest BCUT2D eigenvalue weighted by Gasteiger charge is 2.37. The van der Waals surface area contributed by atoms with Gasteiger partial charge in [-0.05, 0) is 24.6 Å². The summed E-state index contributed by atoms with van der Waals surface area (Å²) < 4.78 is 0. The van der Waals surface area contributed by atoms with Crippen LogP contribution >= 0.6 is 0 Å². The summed E-state index contributed by atoms with van der Waals surface area (Å²) in [5, 5.41) is 9.19. The molecule has 2 rings (SSSR count). The largest absolute Gasteiger partial charge is 0.481 e. The fourth-order valence-electron chi connectivity index (χ4n) is 1.90. The second-order valence-corrected chi connectivity index (χ2v) is 4.13. The van der Waals surface area contributed by atoms with Gasteiger partial charge in [0.05, 0.1) is 0 Å². The van der Waals surface area contributed by atoms with Crippen molar-refractivity contribution in [1.82, 2.24) is 4.98 Å². The molecule has 5 heteroatoms. The Kier molecular flexibility index (Phi) is 3.10. The Labute approximate surface area is 99.6 Å². The summed E-state index contributed by atoms with van der Waals surface area (Å²) in [6, 6.07) is 3.78. The highest BCUT2D eigenvalue weighted by Crippen LogP contribution is 2.29. The van der Waals surface area contributed by atoms with Crippen LogP contribution in [-0.4, -0.2) is 29.1 Å². The van der Waals surface area contributed by atoms with E-state index in [2.05, 4.69) is 4.98 Å². The monoisotopic (exact) mass is 233 g/mol. The standard InChI is InChI=1S/C12H15N3O2/c13-9-12(11(16)17)3-7-15(8-4-12)10-1-5-14-6-2-10/h1-3,5-7H,4,8-9,13H2,(H,16,17). The minimum Gasteiger partial charge on any atom is -0.481 e. The van der Waals surface area contributed by atoms with Gasteiger partial charge >= 0.3 is 5.97 Å². The van der Waals surface area contributed by atoms with Crippen molar-refractivity contribution in [2.45, 2.75) is 6.42 Å². The molecular weight excluding hydrogens is 218 g/mol. The van der Waals surface area contributed by atoms with Gasteiger partial charge in [0.25, 0.3) is 0 Å². The number of carbonyl (C=O) groups is 1. The summed E-state index contributed by atoms with van der Waals surface area (Å²) in [5.74, 6) is -0.856. The highest BCUT2D eigenvalue weighted by atomic mass is 16.4. The van der Waals surface area contributed by atoms with Gasteiger partial charge in [0.2, 0.25) is 0 Å². The number of anilines is 1. The van der Waals surface area contributed by atoms with Crippen LogP contribution in [0.5, 0.6) is 0 Å². The molecule has 5 nitrogen and oxygen atoms in total. The van der Waals surface area contributed by atoms with Crippen molar-refractivity contribution in [1.29, 1.82) is 0 Å². The number of hydrogen-bond donors (Lipinski definition) is 2. The van der Waals surface area contributed by atoms with E-state index >= 15 is 0 Å². The van der Waals surface area contributed by atoms with E-state index in [-0.39, 0.29) is 6.54 Å². The topological polar surface area (TPSA) is 79.5 Å². The fourth-order valence-corrected chi connectivity index (χ4v) is 1.90. The van der Waals surface area contributed by atoms with Gasteiger partial charge in [-0.15, -0.1) is 0 Å². The molecule has 0 spiro atoms. The van der Waals surface area contributed by atoms with Crippen molar-refractivity contribution in [2.75, 3.05) is 18.0 Å². The maximum Gasteiger partial charge on any atom is 0.314 e. The summed E-state index contributed by atoms with van der Waals surface area (Å²) >= 11 is 0. The van der Waals surface area contributed by atoms with E-state index in [0.29, 0.717) is 13.0 Å². The summed E-state index contributed by atoms with van der Waals surface area (Å²) in [5.41, 5.74) is 5.66. The van der Waals surface area contributed by atoms with E-state index in [4.69, 9.17) is 5.73 Å². The zero-order valence-electron chi connectivity index (χ0n) is 9.41. The van der Waals surface area contributed by atoms with Gasteiger partial charge in [-0.1, -0.05) is 0 Å². The van der Waals surface area contributed by atoms with Crippen LogP contribution in [0.4, 0.5) is 5.69 Å². The molecule has 1 aliphatic heterocycles. The molecule has 2 heterocycles. The highest BCUT2D eigenvalue weighted by molar-refractivity contribution is 5.78. The summed E-state index contributed by atoms with van der Waals surface area (Å²) in [6.45, 7) is 0.771. The van der Waals surface area contributed by atoms with E-state index in [0.717, 1.165) is 5.69 Å². The lowest BCUT2D eigenvalue weighted by Crippen LogP contribution is -2.42. The molecule has 17 heavy (non-hydrogen) atoms. The van der Waals surface area contributed by atoms with Gasteiger partial charge in [-0.25, -0.2) is 0 Å². The maximum atomic E-state index is 11.2. The minimum absolute atomic E-state index is 0.128. The number of pyridine rings is 1. The first kappa shape index (κ1) is 11.6. The molecule has 3 N–H and O–H groups in total. The molecule has 0 bridgehead atoms. The molecule has 0 amide bonds. The third kappa shape index (κ3) is 2.14. The second-order valence-electron chi connectivity index (χ2n) is 4.13. The molecule has 1 aliphatic rings. The molecule has 0 aromatic carbocycles. The van der Waals surface area contributed by atoms with Gasteiger partial charge in [-0.2, -0.15) is 0 Å². The summed E-state index contributed by atoms with van der Waals surface area (Å²) in [4.78, 5) is 17.1. The molecule has 1 atom stereocenters. The molecule has 0 aliphatic carbocycles. The average molecular weight is 233 g/mol. The van der Waals surface area contributed by atoms with E-state index < -0.39 is 11.4 Å². The molecule has 0 fully saturated rings. The molecule has 90 valence electrons. The van der Waals surface area contributed by atoms with Gasteiger partial charge in [0.1, 0.15) is 5.41 Å². The first-order chi connectivity index (χ1) is 8.18. The lowest BCUT2D eigenvalue weighted by Gasteiger charge is -2.33. The Morgan fingerprint density at radius 2 is 2.24 bits per heavy atom. The lowest BCUT2D eigenvalue weighted by atomic mass is 9.82. The van der Waals surface area contributed by atoms with Crippen LogP contribution in [0.3, 0.4) is 0 Å². The van der Waals surface area contributed by atoms with Gasteiger partial charge in [0.15, 0.2) is 0 Å². The van der Waals surface area contributed by atoms with Crippen molar-refractivity contribution in [3.05, 3.63) is 36.8 Å². The normalized spacial score (nSPS) is 23.7. The first-order valence-electron chi connectivity index (χ1n) is 5.47. The summed E-state index contributed by atoms with van der Waals surface area (Å²) in [6.07, 6.45) is 7.41. The van der Waals surface area contributed by atoms with Crippen LogP contribution in [0.2, 0.25) is 0 Å². The number of nitrogens with two attached hydrogens (primary N) is 1. The predicted molar refractivity (Wildman–Crippen MR) is 64.5 cm³/mol. The number of carboxylic acid groups (broad SMARTS) is 1. The lowest BCUT2D eigenvalue weighted by molar-refractivity contribution is -0.145. The van der Waals surface area contributed by atoms with Crippen molar-refractivity contribution >= 4 is 11.7 Å². The van der Waals surface area contributed by atoms with E-state index in [1.807, 2.05) is 17.0 Å². The maximum absolute atomic E-state index is 11.2. The number of hydrogen-bond acceptors (Lipinski definition) is 4. The van der Waals surface area contributed by atoms with E-state index in [1.165, 1.54) is 0 Å². The van der Waals surface area contributed by atoms with Gasteiger partial charge in [-0.3, -0.25) is 9.78 Å². The Hall–Kier alpha value is -1.88. The molecule has 1 aromatic heterocycles. The van der Waals surface area contributed by atoms with Crippen LogP contribution < -0.4 is 10.6 Å². The van der Waals surface area contributed by atoms with E-state index in [9.17, 15) is 9.90 Å². The van der Waals surface area contributed by atoms with Crippen LogP contribution in [0, 0.1) is 5.41 Å². The number of aliphatic carboxylic acids is 1. The average Bonchev–Trinajstić information content (AvgIpc) is 2.39. The predicted octanol–water partition coefficient (Wildman–Crippen LogP) is 0.835. The van der Waals surface area contributed by atoms with Crippen LogP contribution in [-0.2, 0) is 4.79 Å². The quantitative estimate of drug-likeness (QED) is 0.808. The zero-order valence-corrected chi connectivity index (χ0v) is 9.41. The van der Waals surface area contributed by atoms with Crippen molar-refractivity contribution in [2.24, 2.45) is 11.1 Å². The smallest absolute Gasteiger partial charge is 0.314 e. The van der Waals surface area contributed by atoms with Gasteiger partial charge in [0, 0.05) is 37.4 Å². The molecule has 1 unspecified atom stereocenters. The van der Waals surface area contributed by atoms with Gasteiger partial charge < -0.3 is 15.7 Å². The Morgan fingerprint density at radius 1 is 1.53 bits per heavy atom. The fraction of sp³-hybridized carbons (Fsp3) is 0.333. The summed E-state index contributed by atoms with van der Waals surface area (Å²) in [7, 11) is 0. The molecule has 1 aromatic rings. The zero-order chi connectivity index (χ0) is 12.3. The van der Waals surface area contributed by atoms with E-state index in [1.54, 1.807) is 24.7 Å². The Bertz CT molecular complexity index is 433. The number of rotatable bonds is 3. The molecule has 0 saturated heterocycles. The SMILES string of the molecule is NCC1(C(=O)O)C=CN(c2ccncc2)CC1. The van der Waals surface area contributed by atoms with Crippen molar-refractivity contribution < 1.29 is 9.90 Å². The van der Waals surface area contributed by atoms with Crippen molar-refractivity contribution in [3.8, 4) is 0 Å². The van der Waals surface area contributed by atoms with Crippen LogP contribution in [0.15, 0.2) is 36.8 Å². The third-order valence-electron chi connectivity index (χ3n) is 3.16. The second kappa shape index (κ2) is 4.55. The van der Waals surface area contributed by atoms with Crippen molar-refractivity contribution in [3.63, 3.8) is 0 Å². The minimum atomic E-state index is -0.913. The molecule has 0 saturated carbocycles. The first-order valence-corrected chi connectivity index (χ1v) is 5.47.